The molecule has 56 heavy (non-hydrogen) atoms. The number of para-hydroxylation sites is 2. The first-order chi connectivity index (χ1) is 27.8. The number of benzene rings is 9. The molecule has 0 aliphatic heterocycles. The highest BCUT2D eigenvalue weighted by Crippen LogP contribution is 2.40. The van der Waals surface area contributed by atoms with Gasteiger partial charge in [-0.05, 0) is 74.8 Å². The summed E-state index contributed by atoms with van der Waals surface area (Å²) >= 11 is 0. The summed E-state index contributed by atoms with van der Waals surface area (Å²) in [5.41, 5.74) is 7.40. The molecule has 12 aromatic rings. The zero-order valence-corrected chi connectivity index (χ0v) is 30.1. The van der Waals surface area contributed by atoms with Crippen LogP contribution in [0.25, 0.3) is 110 Å². The average molecular weight is 714 g/mol. The minimum Gasteiger partial charge on any atom is -0.309 e. The third-order valence-electron chi connectivity index (χ3n) is 11.3. The van der Waals surface area contributed by atoms with Gasteiger partial charge in [-0.1, -0.05) is 146 Å². The monoisotopic (exact) mass is 713 g/mol. The van der Waals surface area contributed by atoms with Crippen molar-refractivity contribution >= 4 is 75.9 Å². The summed E-state index contributed by atoms with van der Waals surface area (Å²) in [6.07, 6.45) is 0. The van der Waals surface area contributed by atoms with E-state index in [9.17, 15) is 0 Å². The van der Waals surface area contributed by atoms with Gasteiger partial charge in [0.1, 0.15) is 0 Å². The first-order valence-corrected chi connectivity index (χ1v) is 19.0. The Morgan fingerprint density at radius 2 is 0.821 bits per heavy atom. The third kappa shape index (κ3) is 4.58. The minimum atomic E-state index is 0.583. The molecule has 0 fully saturated rings. The molecule has 0 saturated carbocycles. The van der Waals surface area contributed by atoms with Gasteiger partial charge in [0, 0.05) is 38.4 Å². The van der Waals surface area contributed by atoms with Crippen LogP contribution in [0.2, 0.25) is 0 Å². The normalized spacial score (nSPS) is 11.9. The smallest absolute Gasteiger partial charge is 0.238 e. The van der Waals surface area contributed by atoms with E-state index in [-0.39, 0.29) is 0 Å². The summed E-state index contributed by atoms with van der Waals surface area (Å²) in [6.45, 7) is 0. The lowest BCUT2D eigenvalue weighted by molar-refractivity contribution is 0.953. The predicted molar refractivity (Wildman–Crippen MR) is 232 cm³/mol. The molecule has 3 aromatic heterocycles. The van der Waals surface area contributed by atoms with Crippen LogP contribution < -0.4 is 0 Å². The Kier molecular flexibility index (Phi) is 6.56. The number of rotatable bonds is 4. The van der Waals surface area contributed by atoms with E-state index in [0.717, 1.165) is 38.6 Å². The SMILES string of the molecule is c1ccc(-c2nc(-c3ccccc3)nc(-n3c4ccccc4c4cc(-n5c6ccccc6c6cc7ccc8c9ccccc9ccc8c7cc65)ccc43)n2)cc1. The van der Waals surface area contributed by atoms with E-state index in [4.69, 9.17) is 15.0 Å². The summed E-state index contributed by atoms with van der Waals surface area (Å²) < 4.78 is 4.62. The molecule has 0 saturated heterocycles. The lowest BCUT2D eigenvalue weighted by Gasteiger charge is -2.12. The van der Waals surface area contributed by atoms with Gasteiger partial charge in [0.25, 0.3) is 0 Å². The van der Waals surface area contributed by atoms with Gasteiger partial charge in [-0.15, -0.1) is 0 Å². The van der Waals surface area contributed by atoms with Gasteiger partial charge in [0.05, 0.1) is 22.1 Å². The molecule has 0 N–H and O–H groups in total. The summed E-state index contributed by atoms with van der Waals surface area (Å²) in [7, 11) is 0. The van der Waals surface area contributed by atoms with Crippen molar-refractivity contribution in [2.24, 2.45) is 0 Å². The molecule has 0 unspecified atom stereocenters. The molecule has 12 rings (SSSR count). The van der Waals surface area contributed by atoms with E-state index >= 15 is 0 Å². The molecule has 0 bridgehead atoms. The largest absolute Gasteiger partial charge is 0.309 e. The molecule has 0 amide bonds. The van der Waals surface area contributed by atoms with Gasteiger partial charge < -0.3 is 4.57 Å². The maximum absolute atomic E-state index is 5.13. The fraction of sp³-hybridized carbons (Fsp3) is 0. The van der Waals surface area contributed by atoms with E-state index < -0.39 is 0 Å². The highest BCUT2D eigenvalue weighted by atomic mass is 15.2. The summed E-state index contributed by atoms with van der Waals surface area (Å²) in [5.74, 6) is 1.85. The van der Waals surface area contributed by atoms with Crippen LogP contribution >= 0.6 is 0 Å². The average Bonchev–Trinajstić information content (AvgIpc) is 3.78. The molecule has 9 aromatic carbocycles. The van der Waals surface area contributed by atoms with E-state index in [2.05, 4.69) is 137 Å². The molecule has 0 spiro atoms. The molecule has 260 valence electrons. The van der Waals surface area contributed by atoms with Crippen LogP contribution in [0.1, 0.15) is 0 Å². The lowest BCUT2D eigenvalue weighted by atomic mass is 9.96. The molecular weight excluding hydrogens is 683 g/mol. The topological polar surface area (TPSA) is 48.5 Å². The van der Waals surface area contributed by atoms with E-state index in [1.165, 1.54) is 54.1 Å². The van der Waals surface area contributed by atoms with Crippen LogP contribution in [0.5, 0.6) is 0 Å². The Hall–Kier alpha value is -7.63. The first-order valence-electron chi connectivity index (χ1n) is 19.0. The number of fused-ring (bicyclic) bond motifs is 11. The summed E-state index contributed by atoms with van der Waals surface area (Å²) in [4.78, 5) is 15.2. The molecule has 5 heteroatoms. The molecule has 0 atom stereocenters. The van der Waals surface area contributed by atoms with Crippen LogP contribution in [0, 0.1) is 0 Å². The predicted octanol–water partition coefficient (Wildman–Crippen LogP) is 12.9. The second-order valence-electron chi connectivity index (χ2n) is 14.5. The summed E-state index contributed by atoms with van der Waals surface area (Å²) in [6, 6.07) is 66.9. The van der Waals surface area contributed by atoms with Crippen LogP contribution in [-0.2, 0) is 0 Å². The van der Waals surface area contributed by atoms with Crippen LogP contribution in [0.3, 0.4) is 0 Å². The fourth-order valence-electron chi connectivity index (χ4n) is 8.78. The third-order valence-corrected chi connectivity index (χ3v) is 11.3. The van der Waals surface area contributed by atoms with Gasteiger partial charge in [-0.2, -0.15) is 9.97 Å². The second-order valence-corrected chi connectivity index (χ2v) is 14.5. The van der Waals surface area contributed by atoms with Crippen molar-refractivity contribution in [2.45, 2.75) is 0 Å². The van der Waals surface area contributed by atoms with Crippen molar-refractivity contribution in [1.29, 1.82) is 0 Å². The standard InChI is InChI=1S/C51H31N5/c1-3-14-33(15-4-1)49-52-50(34-16-5-2-6-17-34)54-51(53-49)56-46-22-12-10-20-41(46)44-30-36(25-28-47(44)56)55-45-21-11-9-19-40(45)43-29-35-24-27-38-37-18-8-7-13-32(37)23-26-39(38)42(35)31-48(43)55/h1-31H. The van der Waals surface area contributed by atoms with E-state index in [1.54, 1.807) is 0 Å². The maximum atomic E-state index is 5.13. The molecule has 3 heterocycles. The van der Waals surface area contributed by atoms with Crippen molar-refractivity contribution in [1.82, 2.24) is 24.1 Å². The highest BCUT2D eigenvalue weighted by Gasteiger charge is 2.20. The van der Waals surface area contributed by atoms with Gasteiger partial charge in [0.15, 0.2) is 11.6 Å². The Balaban J connectivity index is 1.12. The van der Waals surface area contributed by atoms with Crippen molar-refractivity contribution in [3.63, 3.8) is 0 Å². The summed E-state index contributed by atoms with van der Waals surface area (Å²) in [5, 5.41) is 12.3. The number of hydrogen-bond donors (Lipinski definition) is 0. The quantitative estimate of drug-likeness (QED) is 0.171. The Labute approximate surface area is 321 Å². The Bertz CT molecular complexity index is 3470. The molecule has 0 aliphatic rings. The van der Waals surface area contributed by atoms with Crippen molar-refractivity contribution in [3.8, 4) is 34.4 Å². The van der Waals surface area contributed by atoms with Gasteiger partial charge in [-0.25, -0.2) is 4.98 Å². The van der Waals surface area contributed by atoms with Gasteiger partial charge in [-0.3, -0.25) is 4.57 Å². The Morgan fingerprint density at radius 1 is 0.286 bits per heavy atom. The maximum Gasteiger partial charge on any atom is 0.238 e. The molecule has 0 radical (unpaired) electrons. The fourth-order valence-corrected chi connectivity index (χ4v) is 8.78. The molecule has 0 aliphatic carbocycles. The van der Waals surface area contributed by atoms with Crippen molar-refractivity contribution in [3.05, 3.63) is 188 Å². The first kappa shape index (κ1) is 30.8. The van der Waals surface area contributed by atoms with Gasteiger partial charge in [0.2, 0.25) is 5.95 Å². The number of nitrogens with zero attached hydrogens (tertiary/aromatic N) is 5. The van der Waals surface area contributed by atoms with E-state index in [0.29, 0.717) is 17.6 Å². The van der Waals surface area contributed by atoms with Crippen molar-refractivity contribution in [2.75, 3.05) is 0 Å². The van der Waals surface area contributed by atoms with Crippen molar-refractivity contribution < 1.29 is 0 Å². The van der Waals surface area contributed by atoms with Crippen LogP contribution in [0.4, 0.5) is 0 Å². The molecular formula is C51H31N5. The molecule has 5 nitrogen and oxygen atoms in total. The number of aromatic nitrogens is 5. The van der Waals surface area contributed by atoms with Crippen LogP contribution in [-0.4, -0.2) is 24.1 Å². The number of hydrogen-bond acceptors (Lipinski definition) is 3. The second kappa shape index (κ2) is 11.9. The highest BCUT2D eigenvalue weighted by molar-refractivity contribution is 6.22. The Morgan fingerprint density at radius 3 is 1.52 bits per heavy atom. The zero-order valence-electron chi connectivity index (χ0n) is 30.1. The lowest BCUT2D eigenvalue weighted by Crippen LogP contribution is -2.06. The van der Waals surface area contributed by atoms with Gasteiger partial charge >= 0.3 is 0 Å². The zero-order chi connectivity index (χ0) is 36.7. The minimum absolute atomic E-state index is 0.583. The van der Waals surface area contributed by atoms with Crippen LogP contribution in [0.15, 0.2) is 188 Å². The van der Waals surface area contributed by atoms with E-state index in [1.807, 2.05) is 60.7 Å².